The average molecular weight is 224 g/mol. The molecule has 1 unspecified atom stereocenters. The number of rotatable bonds is 3. The van der Waals surface area contributed by atoms with E-state index in [1.54, 1.807) is 0 Å². The maximum absolute atomic E-state index is 10.5. The minimum atomic E-state index is -0.515. The van der Waals surface area contributed by atoms with Crippen LogP contribution in [0.1, 0.15) is 18.4 Å². The Hall–Kier alpha value is -1.91. The van der Waals surface area contributed by atoms with E-state index in [2.05, 4.69) is 0 Å². The lowest BCUT2D eigenvalue weighted by atomic mass is 10.0. The Morgan fingerprint density at radius 3 is 2.31 bits per heavy atom. The number of phenolic OH excluding ortho intramolecular Hbond substituents is 3. The molecule has 0 bridgehead atoms. The Kier molecular flexibility index (Phi) is 2.60. The van der Waals surface area contributed by atoms with Crippen LogP contribution in [0.3, 0.4) is 0 Å². The van der Waals surface area contributed by atoms with Crippen molar-refractivity contribution >= 4 is 5.97 Å². The SMILES string of the molecule is O=C1CC(CCc2cc(O)c(O)c(O)c2)O1. The predicted molar refractivity (Wildman–Crippen MR) is 54.3 cm³/mol. The molecule has 0 amide bonds. The average Bonchev–Trinajstić information content (AvgIpc) is 2.19. The van der Waals surface area contributed by atoms with Crippen LogP contribution in [0.15, 0.2) is 12.1 Å². The first-order valence-corrected chi connectivity index (χ1v) is 4.99. The molecule has 1 atom stereocenters. The van der Waals surface area contributed by atoms with Gasteiger partial charge in [0.2, 0.25) is 0 Å². The molecule has 0 aliphatic carbocycles. The first-order chi connectivity index (χ1) is 7.56. The topological polar surface area (TPSA) is 87.0 Å². The van der Waals surface area contributed by atoms with Gasteiger partial charge in [0.15, 0.2) is 17.2 Å². The number of aromatic hydroxyl groups is 3. The largest absolute Gasteiger partial charge is 0.504 e. The standard InChI is InChI=1S/C11H12O5/c12-8-3-6(4-9(13)11(8)15)1-2-7-5-10(14)16-7/h3-4,7,12-13,15H,1-2,5H2. The summed E-state index contributed by atoms with van der Waals surface area (Å²) in [6.07, 6.45) is 1.58. The molecule has 0 spiro atoms. The molecule has 5 nitrogen and oxygen atoms in total. The first kappa shape index (κ1) is 10.6. The van der Waals surface area contributed by atoms with Gasteiger partial charge in [0.25, 0.3) is 0 Å². The fourth-order valence-corrected chi connectivity index (χ4v) is 1.66. The second kappa shape index (κ2) is 3.92. The van der Waals surface area contributed by atoms with E-state index in [0.29, 0.717) is 24.8 Å². The zero-order valence-corrected chi connectivity index (χ0v) is 8.51. The van der Waals surface area contributed by atoms with Gasteiger partial charge in [0.05, 0.1) is 6.42 Å². The van der Waals surface area contributed by atoms with Gasteiger partial charge >= 0.3 is 5.97 Å². The molecule has 1 aromatic rings. The van der Waals surface area contributed by atoms with Crippen molar-refractivity contribution in [2.75, 3.05) is 0 Å². The minimum absolute atomic E-state index is 0.0643. The normalized spacial score (nSPS) is 19.0. The van der Waals surface area contributed by atoms with Crippen LogP contribution >= 0.6 is 0 Å². The number of cyclic esters (lactones) is 1. The van der Waals surface area contributed by atoms with Gasteiger partial charge in [0, 0.05) is 0 Å². The molecule has 3 N–H and O–H groups in total. The van der Waals surface area contributed by atoms with Gasteiger partial charge in [-0.3, -0.25) is 4.79 Å². The second-order valence-electron chi connectivity index (χ2n) is 3.84. The van der Waals surface area contributed by atoms with Crippen molar-refractivity contribution in [1.29, 1.82) is 0 Å². The lowest BCUT2D eigenvalue weighted by Gasteiger charge is -2.25. The predicted octanol–water partition coefficient (Wildman–Crippen LogP) is 1.05. The number of carbonyl (C=O) groups excluding carboxylic acids is 1. The van der Waals surface area contributed by atoms with E-state index in [1.807, 2.05) is 0 Å². The molecule has 1 heterocycles. The number of aryl methyl sites for hydroxylation is 1. The van der Waals surface area contributed by atoms with Crippen LogP contribution in [0, 0.1) is 0 Å². The van der Waals surface area contributed by atoms with Crippen LogP contribution in [0.25, 0.3) is 0 Å². The van der Waals surface area contributed by atoms with E-state index >= 15 is 0 Å². The second-order valence-corrected chi connectivity index (χ2v) is 3.84. The first-order valence-electron chi connectivity index (χ1n) is 4.99. The van der Waals surface area contributed by atoms with Crippen molar-refractivity contribution in [3.63, 3.8) is 0 Å². The van der Waals surface area contributed by atoms with Gasteiger partial charge in [-0.25, -0.2) is 0 Å². The van der Waals surface area contributed by atoms with Crippen molar-refractivity contribution < 1.29 is 24.9 Å². The molecule has 1 saturated heterocycles. The molecule has 0 saturated carbocycles. The van der Waals surface area contributed by atoms with E-state index in [0.717, 1.165) is 0 Å². The molecule has 1 aromatic carbocycles. The Labute approximate surface area is 91.9 Å². The Morgan fingerprint density at radius 1 is 1.25 bits per heavy atom. The molecule has 1 fully saturated rings. The summed E-state index contributed by atoms with van der Waals surface area (Å²) in [4.78, 5) is 10.5. The van der Waals surface area contributed by atoms with Crippen molar-refractivity contribution in [2.24, 2.45) is 0 Å². The Bertz CT molecular complexity index is 395. The van der Waals surface area contributed by atoms with Crippen LogP contribution in [0.2, 0.25) is 0 Å². The summed E-state index contributed by atoms with van der Waals surface area (Å²) < 4.78 is 4.83. The van der Waals surface area contributed by atoms with Crippen LogP contribution < -0.4 is 0 Å². The van der Waals surface area contributed by atoms with E-state index in [9.17, 15) is 15.0 Å². The summed E-state index contributed by atoms with van der Waals surface area (Å²) in [6.45, 7) is 0. The van der Waals surface area contributed by atoms with Gasteiger partial charge in [-0.15, -0.1) is 0 Å². The molecule has 5 heteroatoms. The monoisotopic (exact) mass is 224 g/mol. The molecule has 1 aliphatic rings. The van der Waals surface area contributed by atoms with E-state index in [-0.39, 0.29) is 23.6 Å². The van der Waals surface area contributed by atoms with Crippen molar-refractivity contribution in [2.45, 2.75) is 25.4 Å². The fraction of sp³-hybridized carbons (Fsp3) is 0.364. The molecule has 0 aromatic heterocycles. The number of benzene rings is 1. The van der Waals surface area contributed by atoms with Crippen molar-refractivity contribution in [3.8, 4) is 17.2 Å². The highest BCUT2D eigenvalue weighted by molar-refractivity contribution is 5.75. The Morgan fingerprint density at radius 2 is 1.81 bits per heavy atom. The summed E-state index contributed by atoms with van der Waals surface area (Å²) in [5.74, 6) is -1.40. The summed E-state index contributed by atoms with van der Waals surface area (Å²) in [6, 6.07) is 2.77. The highest BCUT2D eigenvalue weighted by atomic mass is 16.6. The quantitative estimate of drug-likeness (QED) is 0.527. The number of hydrogen-bond donors (Lipinski definition) is 3. The van der Waals surface area contributed by atoms with Crippen LogP contribution in [-0.2, 0) is 16.0 Å². The lowest BCUT2D eigenvalue weighted by Crippen LogP contribution is -2.32. The molecular formula is C11H12O5. The number of ether oxygens (including phenoxy) is 1. The summed E-state index contributed by atoms with van der Waals surface area (Å²) >= 11 is 0. The third-order valence-electron chi connectivity index (χ3n) is 2.58. The number of phenols is 3. The minimum Gasteiger partial charge on any atom is -0.504 e. The van der Waals surface area contributed by atoms with E-state index in [1.165, 1.54) is 12.1 Å². The number of esters is 1. The van der Waals surface area contributed by atoms with Crippen molar-refractivity contribution in [1.82, 2.24) is 0 Å². The summed E-state index contributed by atoms with van der Waals surface area (Å²) in [5, 5.41) is 27.7. The molecule has 0 radical (unpaired) electrons. The van der Waals surface area contributed by atoms with Crippen LogP contribution in [-0.4, -0.2) is 27.4 Å². The van der Waals surface area contributed by atoms with Gasteiger partial charge in [0.1, 0.15) is 6.10 Å². The third-order valence-corrected chi connectivity index (χ3v) is 2.58. The highest BCUT2D eigenvalue weighted by Gasteiger charge is 2.27. The van der Waals surface area contributed by atoms with E-state index in [4.69, 9.17) is 9.84 Å². The molecule has 1 aliphatic heterocycles. The zero-order chi connectivity index (χ0) is 11.7. The third kappa shape index (κ3) is 2.03. The fourth-order valence-electron chi connectivity index (χ4n) is 1.66. The highest BCUT2D eigenvalue weighted by Crippen LogP contribution is 2.36. The maximum Gasteiger partial charge on any atom is 0.309 e. The summed E-state index contributed by atoms with van der Waals surface area (Å²) in [5.41, 5.74) is 0.691. The molecular weight excluding hydrogens is 212 g/mol. The van der Waals surface area contributed by atoms with Crippen molar-refractivity contribution in [3.05, 3.63) is 17.7 Å². The molecule has 86 valence electrons. The van der Waals surface area contributed by atoms with Crippen LogP contribution in [0.4, 0.5) is 0 Å². The van der Waals surface area contributed by atoms with Gasteiger partial charge in [-0.1, -0.05) is 0 Å². The summed E-state index contributed by atoms with van der Waals surface area (Å²) in [7, 11) is 0. The molecule has 16 heavy (non-hydrogen) atoms. The maximum atomic E-state index is 10.5. The van der Waals surface area contributed by atoms with E-state index < -0.39 is 5.75 Å². The zero-order valence-electron chi connectivity index (χ0n) is 8.51. The number of hydrogen-bond acceptors (Lipinski definition) is 5. The smallest absolute Gasteiger partial charge is 0.309 e. The lowest BCUT2D eigenvalue weighted by molar-refractivity contribution is -0.169. The van der Waals surface area contributed by atoms with Gasteiger partial charge in [-0.05, 0) is 30.5 Å². The number of carbonyl (C=O) groups is 1. The van der Waals surface area contributed by atoms with Crippen LogP contribution in [0.5, 0.6) is 17.2 Å². The molecule has 2 rings (SSSR count). The Balaban J connectivity index is 1.97. The van der Waals surface area contributed by atoms with Gasteiger partial charge < -0.3 is 20.1 Å². The van der Waals surface area contributed by atoms with Gasteiger partial charge in [-0.2, -0.15) is 0 Å².